The van der Waals surface area contributed by atoms with Gasteiger partial charge in [-0.15, -0.1) is 0 Å². The topological polar surface area (TPSA) is 110 Å². The van der Waals surface area contributed by atoms with Gasteiger partial charge in [-0.05, 0) is 19.1 Å². The second kappa shape index (κ2) is 7.39. The lowest BCUT2D eigenvalue weighted by Gasteiger charge is -2.27. The van der Waals surface area contributed by atoms with Gasteiger partial charge in [-0.3, -0.25) is 14.5 Å². The van der Waals surface area contributed by atoms with Crippen molar-refractivity contribution in [2.75, 3.05) is 12.0 Å². The highest BCUT2D eigenvalue weighted by atomic mass is 16.5. The molecular formula is C14H18N2O5. The molecule has 7 nitrogen and oxygen atoms in total. The van der Waals surface area contributed by atoms with Gasteiger partial charge in [0.1, 0.15) is 12.1 Å². The standard InChI is InChI=1S/C14H18N2O5/c1-9(13(18)19)16(10-6-4-3-5-7-10)12(17)8-11(15)14(20)21-2/h3-7,9,11H,8,15H2,1-2H3,(H,18,19)/t9-,11-/m0/s1. The van der Waals surface area contributed by atoms with Crippen molar-refractivity contribution in [2.24, 2.45) is 5.73 Å². The number of aliphatic carboxylic acids is 1. The minimum absolute atomic E-state index is 0.334. The van der Waals surface area contributed by atoms with Crippen LogP contribution in [0.3, 0.4) is 0 Å². The van der Waals surface area contributed by atoms with E-state index in [0.717, 1.165) is 4.90 Å². The van der Waals surface area contributed by atoms with E-state index in [4.69, 9.17) is 10.8 Å². The fraction of sp³-hybridized carbons (Fsp3) is 0.357. The number of methoxy groups -OCH3 is 1. The molecule has 0 unspecified atom stereocenters. The molecule has 114 valence electrons. The maximum atomic E-state index is 12.3. The van der Waals surface area contributed by atoms with E-state index >= 15 is 0 Å². The molecule has 0 saturated heterocycles. The molecular weight excluding hydrogens is 276 g/mol. The average molecular weight is 294 g/mol. The Morgan fingerprint density at radius 3 is 2.33 bits per heavy atom. The first-order valence-electron chi connectivity index (χ1n) is 6.31. The number of carbonyl (C=O) groups excluding carboxylic acids is 2. The monoisotopic (exact) mass is 294 g/mol. The van der Waals surface area contributed by atoms with Gasteiger partial charge in [-0.1, -0.05) is 18.2 Å². The Bertz CT molecular complexity index is 517. The van der Waals surface area contributed by atoms with Crippen molar-refractivity contribution >= 4 is 23.5 Å². The van der Waals surface area contributed by atoms with Gasteiger partial charge in [0.25, 0.3) is 0 Å². The number of carboxylic acid groups (broad SMARTS) is 1. The summed E-state index contributed by atoms with van der Waals surface area (Å²) in [4.78, 5) is 35.9. The molecule has 0 aliphatic heterocycles. The van der Waals surface area contributed by atoms with Crippen LogP contribution in [0, 0.1) is 0 Å². The zero-order valence-electron chi connectivity index (χ0n) is 11.9. The number of ether oxygens (including phenoxy) is 1. The molecule has 0 heterocycles. The summed E-state index contributed by atoms with van der Waals surface area (Å²) in [5, 5.41) is 9.14. The van der Waals surface area contributed by atoms with Crippen molar-refractivity contribution in [1.82, 2.24) is 0 Å². The van der Waals surface area contributed by atoms with Crippen LogP contribution in [0.4, 0.5) is 5.69 Å². The van der Waals surface area contributed by atoms with Crippen LogP contribution < -0.4 is 10.6 Å². The minimum atomic E-state index is -1.15. The third-order valence-corrected chi connectivity index (χ3v) is 2.95. The minimum Gasteiger partial charge on any atom is -0.480 e. The predicted molar refractivity (Wildman–Crippen MR) is 75.6 cm³/mol. The highest BCUT2D eigenvalue weighted by Crippen LogP contribution is 2.18. The summed E-state index contributed by atoms with van der Waals surface area (Å²) in [5.74, 6) is -2.44. The summed E-state index contributed by atoms with van der Waals surface area (Å²) >= 11 is 0. The normalized spacial score (nSPS) is 13.1. The van der Waals surface area contributed by atoms with Crippen LogP contribution in [0.5, 0.6) is 0 Å². The van der Waals surface area contributed by atoms with Crippen molar-refractivity contribution in [3.05, 3.63) is 30.3 Å². The molecule has 21 heavy (non-hydrogen) atoms. The SMILES string of the molecule is COC(=O)[C@@H](N)CC(=O)N(c1ccccc1)[C@@H](C)C(=O)O. The Kier molecular flexibility index (Phi) is 5.86. The fourth-order valence-electron chi connectivity index (χ4n) is 1.80. The van der Waals surface area contributed by atoms with Gasteiger partial charge in [0.05, 0.1) is 13.5 Å². The number of nitrogens with zero attached hydrogens (tertiary/aromatic N) is 1. The largest absolute Gasteiger partial charge is 0.480 e. The molecule has 0 bridgehead atoms. The first-order valence-corrected chi connectivity index (χ1v) is 6.31. The third-order valence-electron chi connectivity index (χ3n) is 2.95. The number of nitrogens with two attached hydrogens (primary N) is 1. The zero-order valence-corrected chi connectivity index (χ0v) is 11.9. The highest BCUT2D eigenvalue weighted by molar-refractivity contribution is 6.00. The van der Waals surface area contributed by atoms with Crippen molar-refractivity contribution < 1.29 is 24.2 Å². The predicted octanol–water partition coefficient (Wildman–Crippen LogP) is 0.383. The zero-order chi connectivity index (χ0) is 16.0. The van der Waals surface area contributed by atoms with Crippen LogP contribution in [0.2, 0.25) is 0 Å². The van der Waals surface area contributed by atoms with Crippen LogP contribution >= 0.6 is 0 Å². The fourth-order valence-corrected chi connectivity index (χ4v) is 1.80. The lowest BCUT2D eigenvalue weighted by molar-refractivity contribution is -0.143. The summed E-state index contributed by atoms with van der Waals surface area (Å²) < 4.78 is 4.46. The van der Waals surface area contributed by atoms with Crippen LogP contribution in [-0.4, -0.2) is 42.1 Å². The number of benzene rings is 1. The maximum absolute atomic E-state index is 12.3. The molecule has 7 heteroatoms. The molecule has 0 radical (unpaired) electrons. The smallest absolute Gasteiger partial charge is 0.326 e. The molecule has 0 aliphatic carbocycles. The van der Waals surface area contributed by atoms with Gasteiger partial charge in [0.2, 0.25) is 5.91 Å². The third kappa shape index (κ3) is 4.28. The van der Waals surface area contributed by atoms with E-state index in [0.29, 0.717) is 5.69 Å². The maximum Gasteiger partial charge on any atom is 0.326 e. The molecule has 1 aromatic rings. The molecule has 0 aliphatic rings. The molecule has 0 aromatic heterocycles. The summed E-state index contributed by atoms with van der Waals surface area (Å²) in [6.07, 6.45) is -0.334. The molecule has 1 amide bonds. The van der Waals surface area contributed by atoms with E-state index in [-0.39, 0.29) is 6.42 Å². The van der Waals surface area contributed by atoms with E-state index < -0.39 is 29.9 Å². The quantitative estimate of drug-likeness (QED) is 0.734. The van der Waals surface area contributed by atoms with Crippen LogP contribution in [0.25, 0.3) is 0 Å². The number of carbonyl (C=O) groups is 3. The van der Waals surface area contributed by atoms with Gasteiger partial charge in [-0.2, -0.15) is 0 Å². The molecule has 0 fully saturated rings. The summed E-state index contributed by atoms with van der Waals surface area (Å²) in [5.41, 5.74) is 5.98. The first kappa shape index (κ1) is 16.6. The molecule has 0 spiro atoms. The number of amides is 1. The second-order valence-electron chi connectivity index (χ2n) is 4.45. The summed E-state index contributed by atoms with van der Waals surface area (Å²) in [7, 11) is 1.17. The molecule has 1 aromatic carbocycles. The lowest BCUT2D eigenvalue weighted by atomic mass is 10.1. The van der Waals surface area contributed by atoms with Crippen molar-refractivity contribution in [1.29, 1.82) is 0 Å². The van der Waals surface area contributed by atoms with Crippen molar-refractivity contribution in [3.8, 4) is 0 Å². The number of hydrogen-bond acceptors (Lipinski definition) is 5. The number of carboxylic acids is 1. The van der Waals surface area contributed by atoms with E-state index in [1.807, 2.05) is 0 Å². The molecule has 2 atom stereocenters. The first-order chi connectivity index (χ1) is 9.88. The molecule has 3 N–H and O–H groups in total. The van der Waals surface area contributed by atoms with Crippen LogP contribution in [-0.2, 0) is 19.1 Å². The second-order valence-corrected chi connectivity index (χ2v) is 4.45. The number of rotatable bonds is 6. The van der Waals surface area contributed by atoms with Crippen molar-refractivity contribution in [3.63, 3.8) is 0 Å². The van der Waals surface area contributed by atoms with Gasteiger partial charge in [-0.25, -0.2) is 4.79 Å². The highest BCUT2D eigenvalue weighted by Gasteiger charge is 2.29. The summed E-state index contributed by atoms with van der Waals surface area (Å²) in [6, 6.07) is 6.13. The van der Waals surface area contributed by atoms with E-state index in [2.05, 4.69) is 4.74 Å². The Morgan fingerprint density at radius 2 is 1.86 bits per heavy atom. The Labute approximate surface area is 122 Å². The Hall–Kier alpha value is -2.41. The van der Waals surface area contributed by atoms with Crippen LogP contribution in [0.15, 0.2) is 30.3 Å². The molecule has 1 rings (SSSR count). The van der Waals surface area contributed by atoms with Gasteiger partial charge in [0, 0.05) is 5.69 Å². The average Bonchev–Trinajstić information content (AvgIpc) is 2.47. The Balaban J connectivity index is 3.00. The number of hydrogen-bond donors (Lipinski definition) is 2. The van der Waals surface area contributed by atoms with Crippen LogP contribution in [0.1, 0.15) is 13.3 Å². The van der Waals surface area contributed by atoms with E-state index in [1.165, 1.54) is 14.0 Å². The Morgan fingerprint density at radius 1 is 1.29 bits per heavy atom. The molecule has 0 saturated carbocycles. The van der Waals surface area contributed by atoms with Crippen molar-refractivity contribution in [2.45, 2.75) is 25.4 Å². The number of anilines is 1. The van der Waals surface area contributed by atoms with Gasteiger partial charge >= 0.3 is 11.9 Å². The number of esters is 1. The lowest BCUT2D eigenvalue weighted by Crippen LogP contribution is -2.46. The van der Waals surface area contributed by atoms with E-state index in [1.54, 1.807) is 30.3 Å². The van der Waals surface area contributed by atoms with Gasteiger partial charge in [0.15, 0.2) is 0 Å². The number of para-hydroxylation sites is 1. The van der Waals surface area contributed by atoms with Gasteiger partial charge < -0.3 is 15.6 Å². The van der Waals surface area contributed by atoms with E-state index in [9.17, 15) is 14.4 Å². The summed E-state index contributed by atoms with van der Waals surface area (Å²) in [6.45, 7) is 1.39.